The largest absolute Gasteiger partial charge is 0.433 e. The van der Waals surface area contributed by atoms with Gasteiger partial charge in [0.15, 0.2) is 0 Å². The zero-order chi connectivity index (χ0) is 10.9. The zero-order valence-electron chi connectivity index (χ0n) is 7.44. The number of thiol groups is 1. The topological polar surface area (TPSA) is 24.7 Å². The number of nitrogens with zero attached hydrogens (tertiary/aromatic N) is 2. The van der Waals surface area contributed by atoms with Crippen LogP contribution in [0.2, 0.25) is 0 Å². The molecule has 6 heteroatoms. The summed E-state index contributed by atoms with van der Waals surface area (Å²) in [5.74, 6) is 0. The van der Waals surface area contributed by atoms with Gasteiger partial charge in [-0.05, 0) is 0 Å². The number of hydrogen-bond acceptors (Lipinski definition) is 2. The summed E-state index contributed by atoms with van der Waals surface area (Å²) in [4.78, 5) is 0. The third kappa shape index (κ3) is 2.04. The molecule has 2 rings (SSSR count). The third-order valence-electron chi connectivity index (χ3n) is 1.85. The Balaban J connectivity index is 2.33. The Bertz CT molecular complexity index is 411. The molecular formula is C9H7F3N2S. The summed E-state index contributed by atoms with van der Waals surface area (Å²) in [5.41, 5.74) is -2.89. The van der Waals surface area contributed by atoms with Gasteiger partial charge in [0.1, 0.15) is 5.04 Å². The van der Waals surface area contributed by atoms with E-state index >= 15 is 0 Å². The van der Waals surface area contributed by atoms with E-state index in [1.807, 2.05) is 0 Å². The highest BCUT2D eigenvalue weighted by Gasteiger charge is 2.41. The molecule has 0 N–H and O–H groups in total. The quantitative estimate of drug-likeness (QED) is 0.720. The van der Waals surface area contributed by atoms with E-state index in [2.05, 4.69) is 10.2 Å². The molecule has 1 aromatic carbocycles. The van der Waals surface area contributed by atoms with Crippen LogP contribution in [0, 0.1) is 0 Å². The molecule has 0 aliphatic carbocycles. The molecule has 0 fully saturated rings. The van der Waals surface area contributed by atoms with Crippen molar-refractivity contribution in [2.45, 2.75) is 5.51 Å². The summed E-state index contributed by atoms with van der Waals surface area (Å²) in [6.45, 7) is 0. The van der Waals surface area contributed by atoms with Crippen LogP contribution < -0.4 is 0 Å². The second kappa shape index (κ2) is 3.69. The minimum atomic E-state index is -4.26. The Morgan fingerprint density at radius 3 is 2.33 bits per heavy atom. The lowest BCUT2D eigenvalue weighted by Crippen LogP contribution is -2.15. The number of alkyl halides is 3. The van der Waals surface area contributed by atoms with Gasteiger partial charge in [-0.1, -0.05) is 41.2 Å². The predicted molar refractivity (Wildman–Crippen MR) is 56.5 cm³/mol. The van der Waals surface area contributed by atoms with Crippen LogP contribution in [0.4, 0.5) is 13.2 Å². The summed E-state index contributed by atoms with van der Waals surface area (Å²) in [7, 11) is -2.37. The van der Waals surface area contributed by atoms with Gasteiger partial charge in [-0.2, -0.15) is 18.3 Å². The first kappa shape index (κ1) is 10.2. The zero-order valence-corrected chi connectivity index (χ0v) is 8.33. The van der Waals surface area contributed by atoms with Crippen LogP contribution in [-0.2, 0) is 0 Å². The minimum absolute atomic E-state index is 0.0260. The molecule has 0 radical (unpaired) electrons. The number of benzene rings is 1. The average Bonchev–Trinajstić information content (AvgIpc) is 2.67. The van der Waals surface area contributed by atoms with Gasteiger partial charge in [0, 0.05) is 5.56 Å². The first-order chi connectivity index (χ1) is 7.09. The normalized spacial score (nSPS) is 22.9. The highest BCUT2D eigenvalue weighted by molar-refractivity contribution is 8.41. The fourth-order valence-electron chi connectivity index (χ4n) is 1.20. The standard InChI is InChI=1S/C9H7F3N2S/c10-9(11,12)15-6-13-14-8(15)7-4-2-1-3-5-7/h1-6,15H. The maximum Gasteiger partial charge on any atom is 0.433 e. The van der Waals surface area contributed by atoms with Crippen molar-refractivity contribution in [3.63, 3.8) is 0 Å². The van der Waals surface area contributed by atoms with Crippen LogP contribution >= 0.6 is 10.9 Å². The Morgan fingerprint density at radius 2 is 1.73 bits per heavy atom. The molecule has 0 aromatic heterocycles. The molecule has 80 valence electrons. The van der Waals surface area contributed by atoms with E-state index in [4.69, 9.17) is 0 Å². The van der Waals surface area contributed by atoms with Crippen molar-refractivity contribution >= 4 is 21.5 Å². The van der Waals surface area contributed by atoms with Crippen LogP contribution in [0.15, 0.2) is 40.5 Å². The lowest BCUT2D eigenvalue weighted by molar-refractivity contribution is -0.0327. The monoisotopic (exact) mass is 232 g/mol. The van der Waals surface area contributed by atoms with Gasteiger partial charge in [-0.15, -0.1) is 5.10 Å². The Kier molecular flexibility index (Phi) is 2.52. The number of halogens is 3. The van der Waals surface area contributed by atoms with Crippen molar-refractivity contribution in [3.05, 3.63) is 35.9 Å². The SMILES string of the molecule is FC(F)(F)[SH]1C=NN=C1c1ccccc1. The van der Waals surface area contributed by atoms with Gasteiger partial charge in [-0.3, -0.25) is 0 Å². The van der Waals surface area contributed by atoms with Crippen molar-refractivity contribution in [3.8, 4) is 0 Å². The minimum Gasteiger partial charge on any atom is -0.161 e. The molecule has 0 amide bonds. The first-order valence-electron chi connectivity index (χ1n) is 4.11. The van der Waals surface area contributed by atoms with E-state index in [0.717, 1.165) is 5.55 Å². The lowest BCUT2D eigenvalue weighted by atomic mass is 10.2. The fourth-order valence-corrected chi connectivity index (χ4v) is 2.42. The van der Waals surface area contributed by atoms with Crippen LogP contribution in [0.1, 0.15) is 5.56 Å². The van der Waals surface area contributed by atoms with Gasteiger partial charge in [-0.25, -0.2) is 0 Å². The predicted octanol–water partition coefficient (Wildman–Crippen LogP) is 2.91. The number of hydrogen-bond donors (Lipinski definition) is 1. The van der Waals surface area contributed by atoms with E-state index in [0.29, 0.717) is 5.56 Å². The van der Waals surface area contributed by atoms with Crippen LogP contribution in [0.3, 0.4) is 0 Å². The van der Waals surface area contributed by atoms with E-state index in [1.165, 1.54) is 0 Å². The third-order valence-corrected chi connectivity index (χ3v) is 3.54. The highest BCUT2D eigenvalue weighted by atomic mass is 32.2. The first-order valence-corrected chi connectivity index (χ1v) is 5.53. The maximum absolute atomic E-state index is 12.6. The van der Waals surface area contributed by atoms with Crippen LogP contribution in [-0.4, -0.2) is 16.1 Å². The van der Waals surface area contributed by atoms with E-state index < -0.39 is 16.4 Å². The summed E-state index contributed by atoms with van der Waals surface area (Å²) in [6.07, 6.45) is 0. The van der Waals surface area contributed by atoms with E-state index in [9.17, 15) is 13.2 Å². The number of rotatable bonds is 1. The van der Waals surface area contributed by atoms with Crippen molar-refractivity contribution in [2.75, 3.05) is 0 Å². The highest BCUT2D eigenvalue weighted by Crippen LogP contribution is 2.48. The molecule has 0 saturated heterocycles. The Hall–Kier alpha value is -1.30. The fraction of sp³-hybridized carbons (Fsp3) is 0.111. The van der Waals surface area contributed by atoms with Gasteiger partial charge < -0.3 is 0 Å². The molecule has 1 aliphatic heterocycles. The summed E-state index contributed by atoms with van der Waals surface area (Å²) >= 11 is 0. The molecule has 15 heavy (non-hydrogen) atoms. The average molecular weight is 232 g/mol. The molecule has 0 saturated carbocycles. The lowest BCUT2D eigenvalue weighted by Gasteiger charge is -2.17. The molecule has 0 spiro atoms. The van der Waals surface area contributed by atoms with E-state index in [-0.39, 0.29) is 5.04 Å². The smallest absolute Gasteiger partial charge is 0.161 e. The van der Waals surface area contributed by atoms with Crippen molar-refractivity contribution < 1.29 is 13.2 Å². The van der Waals surface area contributed by atoms with Gasteiger partial charge in [0.25, 0.3) is 0 Å². The Morgan fingerprint density at radius 1 is 1.07 bits per heavy atom. The van der Waals surface area contributed by atoms with Crippen molar-refractivity contribution in [1.29, 1.82) is 0 Å². The van der Waals surface area contributed by atoms with E-state index in [1.54, 1.807) is 30.3 Å². The molecule has 1 unspecified atom stereocenters. The molecule has 0 bridgehead atoms. The second-order valence-electron chi connectivity index (χ2n) is 2.86. The maximum atomic E-state index is 12.6. The molecule has 2 nitrogen and oxygen atoms in total. The van der Waals surface area contributed by atoms with Gasteiger partial charge in [0.2, 0.25) is 0 Å². The second-order valence-corrected chi connectivity index (χ2v) is 4.76. The summed E-state index contributed by atoms with van der Waals surface area (Å²) < 4.78 is 37.7. The van der Waals surface area contributed by atoms with Crippen molar-refractivity contribution in [1.82, 2.24) is 0 Å². The Labute approximate surface area is 86.9 Å². The molecule has 1 aliphatic rings. The molecule has 1 heterocycles. The van der Waals surface area contributed by atoms with Crippen molar-refractivity contribution in [2.24, 2.45) is 10.2 Å². The molecular weight excluding hydrogens is 225 g/mol. The van der Waals surface area contributed by atoms with Crippen LogP contribution in [0.5, 0.6) is 0 Å². The van der Waals surface area contributed by atoms with Gasteiger partial charge in [0.05, 0.1) is 5.55 Å². The van der Waals surface area contributed by atoms with Gasteiger partial charge >= 0.3 is 5.51 Å². The molecule has 1 aromatic rings. The van der Waals surface area contributed by atoms with Crippen LogP contribution in [0.25, 0.3) is 0 Å². The molecule has 1 atom stereocenters. The summed E-state index contributed by atoms with van der Waals surface area (Å²) in [5, 5.41) is 6.94. The summed E-state index contributed by atoms with van der Waals surface area (Å²) in [6, 6.07) is 8.32.